The van der Waals surface area contributed by atoms with Crippen molar-refractivity contribution in [1.29, 1.82) is 0 Å². The van der Waals surface area contributed by atoms with Crippen LogP contribution in [0.15, 0.2) is 35.4 Å². The fourth-order valence-corrected chi connectivity index (χ4v) is 2.42. The smallest absolute Gasteiger partial charge is 0.326 e. The molecule has 2 aromatic rings. The Labute approximate surface area is 112 Å². The van der Waals surface area contributed by atoms with Crippen LogP contribution in [0, 0.1) is 0 Å². The summed E-state index contributed by atoms with van der Waals surface area (Å²) in [5.41, 5.74) is 6.13. The molecular weight excluding hydrogens is 275 g/mol. The minimum absolute atomic E-state index is 0.244. The largest absolute Gasteiger partial charge is 0.435 e. The second-order valence-corrected chi connectivity index (χ2v) is 4.65. The van der Waals surface area contributed by atoms with Crippen molar-refractivity contribution in [2.75, 3.05) is 6.26 Å². The number of thioether (sulfide) groups is 1. The van der Waals surface area contributed by atoms with Gasteiger partial charge in [-0.2, -0.15) is 18.3 Å². The van der Waals surface area contributed by atoms with Gasteiger partial charge in [-0.25, -0.2) is 4.68 Å². The Kier molecular flexibility index (Phi) is 3.86. The average molecular weight is 287 g/mol. The van der Waals surface area contributed by atoms with Gasteiger partial charge in [-0.05, 0) is 24.5 Å². The Morgan fingerprint density at radius 3 is 2.58 bits per heavy atom. The van der Waals surface area contributed by atoms with Crippen molar-refractivity contribution in [3.8, 4) is 5.69 Å². The molecule has 0 unspecified atom stereocenters. The fraction of sp³-hybridized carbons (Fsp3) is 0.250. The molecule has 0 aliphatic carbocycles. The van der Waals surface area contributed by atoms with E-state index in [9.17, 15) is 13.2 Å². The third-order valence-electron chi connectivity index (χ3n) is 2.66. The molecule has 1 heterocycles. The van der Waals surface area contributed by atoms with Gasteiger partial charge in [-0.15, -0.1) is 11.8 Å². The summed E-state index contributed by atoms with van der Waals surface area (Å²) in [6.07, 6.45) is -1.25. The van der Waals surface area contributed by atoms with E-state index in [1.54, 1.807) is 12.1 Å². The zero-order valence-electron chi connectivity index (χ0n) is 10.1. The second kappa shape index (κ2) is 5.26. The minimum atomic E-state index is -4.44. The number of nitrogens with two attached hydrogens (primary N) is 1. The summed E-state index contributed by atoms with van der Waals surface area (Å²) in [4.78, 5) is 0.934. The van der Waals surface area contributed by atoms with Crippen LogP contribution in [-0.4, -0.2) is 16.0 Å². The van der Waals surface area contributed by atoms with Crippen molar-refractivity contribution in [2.24, 2.45) is 5.73 Å². The lowest BCUT2D eigenvalue weighted by Crippen LogP contribution is -2.09. The zero-order valence-corrected chi connectivity index (χ0v) is 10.9. The van der Waals surface area contributed by atoms with Crippen LogP contribution < -0.4 is 5.73 Å². The molecule has 0 radical (unpaired) electrons. The quantitative estimate of drug-likeness (QED) is 0.882. The number of rotatable bonds is 3. The third-order valence-corrected chi connectivity index (χ3v) is 3.48. The summed E-state index contributed by atoms with van der Waals surface area (Å²) < 4.78 is 38.8. The molecule has 0 bridgehead atoms. The number of nitrogens with zero attached hydrogens (tertiary/aromatic N) is 2. The predicted octanol–water partition coefficient (Wildman–Crippen LogP) is 3.07. The van der Waals surface area contributed by atoms with Gasteiger partial charge >= 0.3 is 6.18 Å². The first-order chi connectivity index (χ1) is 8.97. The number of aromatic nitrogens is 2. The molecule has 0 aliphatic rings. The molecule has 102 valence electrons. The van der Waals surface area contributed by atoms with Crippen LogP contribution in [0.2, 0.25) is 0 Å². The molecule has 3 nitrogen and oxygen atoms in total. The van der Waals surface area contributed by atoms with E-state index in [0.29, 0.717) is 5.69 Å². The maximum Gasteiger partial charge on any atom is 0.435 e. The van der Waals surface area contributed by atoms with Crippen molar-refractivity contribution < 1.29 is 13.2 Å². The van der Waals surface area contributed by atoms with Crippen molar-refractivity contribution in [2.45, 2.75) is 17.6 Å². The molecule has 0 aliphatic heterocycles. The second-order valence-electron chi connectivity index (χ2n) is 3.81. The van der Waals surface area contributed by atoms with E-state index in [-0.39, 0.29) is 6.54 Å². The minimum Gasteiger partial charge on any atom is -0.326 e. The number of hydrogen-bond acceptors (Lipinski definition) is 3. The Hall–Kier alpha value is -1.47. The summed E-state index contributed by atoms with van der Waals surface area (Å²) in [5.74, 6) is 0. The maximum atomic E-state index is 12.5. The van der Waals surface area contributed by atoms with Crippen molar-refractivity contribution >= 4 is 11.8 Å². The molecule has 0 spiro atoms. The van der Waals surface area contributed by atoms with Crippen LogP contribution in [0.3, 0.4) is 0 Å². The lowest BCUT2D eigenvalue weighted by molar-refractivity contribution is -0.141. The number of benzene rings is 1. The highest BCUT2D eigenvalue weighted by atomic mass is 32.2. The Morgan fingerprint density at radius 1 is 1.32 bits per heavy atom. The molecule has 0 amide bonds. The fourth-order valence-electron chi connectivity index (χ4n) is 1.77. The molecule has 0 saturated heterocycles. The van der Waals surface area contributed by atoms with Gasteiger partial charge in [-0.1, -0.05) is 6.07 Å². The highest BCUT2D eigenvalue weighted by Gasteiger charge is 2.33. The van der Waals surface area contributed by atoms with Crippen LogP contribution in [-0.2, 0) is 12.7 Å². The molecule has 2 N–H and O–H groups in total. The highest BCUT2D eigenvalue weighted by molar-refractivity contribution is 7.98. The van der Waals surface area contributed by atoms with Gasteiger partial charge in [-0.3, -0.25) is 0 Å². The predicted molar refractivity (Wildman–Crippen MR) is 68.2 cm³/mol. The van der Waals surface area contributed by atoms with Gasteiger partial charge in [0.2, 0.25) is 0 Å². The Balaban J connectivity index is 2.50. The molecule has 1 aromatic heterocycles. The standard InChI is InChI=1S/C12H12F3N3S/c1-19-10-4-2-3-9(8(10)7-16)18-6-5-11(17-18)12(13,14)15/h2-6H,7,16H2,1H3. The molecule has 2 rings (SSSR count). The lowest BCUT2D eigenvalue weighted by Gasteiger charge is -2.11. The summed E-state index contributed by atoms with van der Waals surface area (Å²) >= 11 is 1.50. The summed E-state index contributed by atoms with van der Waals surface area (Å²) in [6, 6.07) is 6.31. The monoisotopic (exact) mass is 287 g/mol. The normalized spacial score (nSPS) is 11.8. The van der Waals surface area contributed by atoms with E-state index in [1.165, 1.54) is 22.6 Å². The van der Waals surface area contributed by atoms with Crippen molar-refractivity contribution in [1.82, 2.24) is 9.78 Å². The molecule has 0 fully saturated rings. The molecular formula is C12H12F3N3S. The molecule has 7 heteroatoms. The van der Waals surface area contributed by atoms with Crippen LogP contribution in [0.1, 0.15) is 11.3 Å². The van der Waals surface area contributed by atoms with E-state index >= 15 is 0 Å². The molecule has 19 heavy (non-hydrogen) atoms. The van der Waals surface area contributed by atoms with Gasteiger partial charge < -0.3 is 5.73 Å². The lowest BCUT2D eigenvalue weighted by atomic mass is 10.2. The van der Waals surface area contributed by atoms with Gasteiger partial charge in [0.1, 0.15) is 0 Å². The Morgan fingerprint density at radius 2 is 2.05 bits per heavy atom. The van der Waals surface area contributed by atoms with Crippen LogP contribution in [0.5, 0.6) is 0 Å². The van der Waals surface area contributed by atoms with Crippen molar-refractivity contribution in [3.63, 3.8) is 0 Å². The van der Waals surface area contributed by atoms with E-state index in [2.05, 4.69) is 5.10 Å². The zero-order chi connectivity index (χ0) is 14.0. The average Bonchev–Trinajstić information content (AvgIpc) is 2.86. The van der Waals surface area contributed by atoms with Crippen LogP contribution in [0.4, 0.5) is 13.2 Å². The number of hydrogen-bond donors (Lipinski definition) is 1. The topological polar surface area (TPSA) is 43.8 Å². The van der Waals surface area contributed by atoms with E-state index < -0.39 is 11.9 Å². The Bertz CT molecular complexity index is 578. The van der Waals surface area contributed by atoms with E-state index in [1.807, 2.05) is 12.3 Å². The van der Waals surface area contributed by atoms with Crippen LogP contribution in [0.25, 0.3) is 5.69 Å². The summed E-state index contributed by atoms with van der Waals surface area (Å²) in [5, 5.41) is 3.56. The maximum absolute atomic E-state index is 12.5. The summed E-state index contributed by atoms with van der Waals surface area (Å²) in [7, 11) is 0. The van der Waals surface area contributed by atoms with E-state index in [4.69, 9.17) is 5.73 Å². The first kappa shape index (κ1) is 14.0. The van der Waals surface area contributed by atoms with Gasteiger partial charge in [0, 0.05) is 23.2 Å². The third kappa shape index (κ3) is 2.76. The number of halogens is 3. The van der Waals surface area contributed by atoms with E-state index in [0.717, 1.165) is 16.5 Å². The van der Waals surface area contributed by atoms with Gasteiger partial charge in [0.05, 0.1) is 5.69 Å². The first-order valence-electron chi connectivity index (χ1n) is 5.46. The first-order valence-corrected chi connectivity index (χ1v) is 6.69. The van der Waals surface area contributed by atoms with Gasteiger partial charge in [0.25, 0.3) is 0 Å². The van der Waals surface area contributed by atoms with Crippen molar-refractivity contribution in [3.05, 3.63) is 41.7 Å². The summed E-state index contributed by atoms with van der Waals surface area (Å²) in [6.45, 7) is 0.244. The molecule has 1 aromatic carbocycles. The highest BCUT2D eigenvalue weighted by Crippen LogP contribution is 2.29. The SMILES string of the molecule is CSc1cccc(-n2ccc(C(F)(F)F)n2)c1CN. The van der Waals surface area contributed by atoms with Crippen LogP contribution >= 0.6 is 11.8 Å². The van der Waals surface area contributed by atoms with Gasteiger partial charge in [0.15, 0.2) is 5.69 Å². The molecule has 0 atom stereocenters. The molecule has 0 saturated carbocycles. The number of alkyl halides is 3.